The summed E-state index contributed by atoms with van der Waals surface area (Å²) in [6.45, 7) is 10.8. The molecule has 3 amide bonds. The van der Waals surface area contributed by atoms with E-state index in [1.54, 1.807) is 20.8 Å². The van der Waals surface area contributed by atoms with Gasteiger partial charge in [-0.15, -0.1) is 0 Å². The Morgan fingerprint density at radius 1 is 0.810 bits per heavy atom. The monoisotopic (exact) mass is 822 g/mol. The van der Waals surface area contributed by atoms with Crippen LogP contribution in [0.15, 0.2) is 0 Å². The molecule has 240 valence electrons. The molecule has 0 spiro atoms. The molecule has 0 bridgehead atoms. The summed E-state index contributed by atoms with van der Waals surface area (Å²) in [5, 5.41) is 17.1. The van der Waals surface area contributed by atoms with Crippen LogP contribution in [0.5, 0.6) is 0 Å². The van der Waals surface area contributed by atoms with E-state index in [4.69, 9.17) is 21.6 Å². The largest absolute Gasteiger partial charge is 0.481 e. The van der Waals surface area contributed by atoms with E-state index in [1.807, 2.05) is 20.8 Å². The van der Waals surface area contributed by atoms with Crippen molar-refractivity contribution in [1.29, 1.82) is 1.34 Å². The molecule has 4 saturated carbocycles. The fourth-order valence-electron chi connectivity index (χ4n) is 3.58. The molecule has 0 aromatic rings. The summed E-state index contributed by atoms with van der Waals surface area (Å²) in [6, 6.07) is 0.565. The smallest absolute Gasteiger partial charge is 0.407 e. The van der Waals surface area contributed by atoms with Crippen molar-refractivity contribution in [1.82, 2.24) is 16.0 Å². The van der Waals surface area contributed by atoms with Crippen LogP contribution in [-0.4, -0.2) is 74.3 Å². The number of nitrogens with one attached hydrogen (secondary N) is 3. The number of carboxylic acids is 1. The van der Waals surface area contributed by atoms with Crippen LogP contribution < -0.4 is 21.7 Å². The molecule has 2 unspecified atom stereocenters. The third-order valence-electron chi connectivity index (χ3n) is 6.15. The molecule has 0 aliphatic heterocycles. The summed E-state index contributed by atoms with van der Waals surface area (Å²) in [6.07, 6.45) is 8.17. The Morgan fingerprint density at radius 2 is 1.17 bits per heavy atom. The Balaban J connectivity index is 0. The normalized spacial score (nSPS) is 18.7. The van der Waals surface area contributed by atoms with Crippen molar-refractivity contribution in [3.05, 3.63) is 0 Å². The Morgan fingerprint density at radius 3 is 1.43 bits per heavy atom. The average Bonchev–Trinajstić information content (AvgIpc) is 3.65. The molecule has 42 heavy (non-hydrogen) atoms. The minimum Gasteiger partial charge on any atom is -0.481 e. The second-order valence-electron chi connectivity index (χ2n) is 13.2. The number of rotatable bonds is 9. The maximum Gasteiger partial charge on any atom is 0.407 e. The SMILES string of the molecule is C.CC(C)(C)OC(=O)NC(CC(=O)NC1CC1)C1CC1.CC(C)(C)OC(=O)NC(CC(=O)O)C1CC1.NC1CC1.[3H][B].[U]. The van der Waals surface area contributed by atoms with Crippen molar-refractivity contribution in [2.75, 3.05) is 0 Å². The molecule has 11 nitrogen and oxygen atoms in total. The van der Waals surface area contributed by atoms with Crippen molar-refractivity contribution >= 4 is 32.4 Å². The van der Waals surface area contributed by atoms with Crippen LogP contribution in [0.3, 0.4) is 0 Å². The minimum absolute atomic E-state index is 0. The number of aliphatic carboxylic acids is 1. The van der Waals surface area contributed by atoms with Crippen LogP contribution in [-0.2, 0) is 19.1 Å². The molecule has 0 aromatic carbocycles. The van der Waals surface area contributed by atoms with Gasteiger partial charge in [0.05, 0.1) is 6.42 Å². The van der Waals surface area contributed by atoms with Crippen LogP contribution >= 0.6 is 0 Å². The summed E-state index contributed by atoms with van der Waals surface area (Å²) >= 11 is 0. The van der Waals surface area contributed by atoms with E-state index in [9.17, 15) is 19.2 Å². The second kappa shape index (κ2) is 19.1. The molecule has 2 radical (unpaired) electrons. The summed E-state index contributed by atoms with van der Waals surface area (Å²) in [4.78, 5) is 45.6. The summed E-state index contributed by atoms with van der Waals surface area (Å²) < 4.78 is 15.6. The van der Waals surface area contributed by atoms with Gasteiger partial charge in [0.15, 0.2) is 0 Å². The summed E-state index contributed by atoms with van der Waals surface area (Å²) in [5.41, 5.74) is 4.16. The standard InChI is InChI=1S/C14H24N2O3.C11H19NO4.C3H7N.CH4.BH.U/c1-14(2,3)19-13(18)16-11(9-4-5-9)8-12(17)15-10-6-7-10;1-11(2,3)16-10(15)12-8(6-9(13)14)7-4-5-7;4-3-1-2-3;;;/h9-11H,4-8H2,1-3H3,(H,15,17)(H,16,18);7-8H,4-6H2,1-3H3,(H,12,15)(H,13,14);3H,1-2,4H2;1H4;1H;/i;;;;1T;. The van der Waals surface area contributed by atoms with Gasteiger partial charge in [-0.2, -0.15) is 0 Å². The quantitative estimate of drug-likeness (QED) is 0.219. The number of carbonyl (C=O) groups excluding carboxylic acids is 3. The van der Waals surface area contributed by atoms with Gasteiger partial charge in [0.2, 0.25) is 5.91 Å². The number of alkyl carbamates (subject to hydrolysis) is 2. The van der Waals surface area contributed by atoms with Crippen LogP contribution in [0.4, 0.5) is 9.59 Å². The summed E-state index contributed by atoms with van der Waals surface area (Å²) in [5.74, 6) is -0.135. The van der Waals surface area contributed by atoms with E-state index in [-0.39, 0.29) is 63.0 Å². The van der Waals surface area contributed by atoms with Crippen molar-refractivity contribution in [2.45, 2.75) is 149 Å². The van der Waals surface area contributed by atoms with Gasteiger partial charge >= 0.3 is 18.2 Å². The fraction of sp³-hybridized carbons (Fsp3) is 0.862. The first-order chi connectivity index (χ1) is 19.0. The Bertz CT molecular complexity index is 857. The van der Waals surface area contributed by atoms with Gasteiger partial charge in [-0.1, -0.05) is 7.43 Å². The van der Waals surface area contributed by atoms with Crippen molar-refractivity contribution in [2.24, 2.45) is 17.6 Å². The van der Waals surface area contributed by atoms with E-state index in [1.165, 1.54) is 12.8 Å². The first-order valence-electron chi connectivity index (χ1n) is 14.8. The van der Waals surface area contributed by atoms with Gasteiger partial charge in [0.1, 0.15) is 11.2 Å². The van der Waals surface area contributed by atoms with E-state index < -0.39 is 29.4 Å². The first kappa shape index (κ1) is 40.6. The first-order valence-corrected chi connectivity index (χ1v) is 14.3. The van der Waals surface area contributed by atoms with Crippen molar-refractivity contribution < 1.29 is 64.9 Å². The molecule has 4 fully saturated rings. The minimum atomic E-state index is -0.895. The van der Waals surface area contributed by atoms with Gasteiger partial charge in [-0.3, -0.25) is 9.59 Å². The van der Waals surface area contributed by atoms with Crippen LogP contribution in [0.25, 0.3) is 0 Å². The predicted octanol–water partition coefficient (Wildman–Crippen LogP) is 3.82. The molecule has 4 aliphatic rings. The Kier molecular flexibility index (Phi) is 18.4. The number of ether oxygens (including phenoxy) is 2. The van der Waals surface area contributed by atoms with E-state index in [2.05, 4.69) is 24.3 Å². The number of nitrogens with two attached hydrogens (primary N) is 1. The van der Waals surface area contributed by atoms with Crippen LogP contribution in [0.1, 0.15) is 113 Å². The molecule has 2 atom stereocenters. The maximum absolute atomic E-state index is 11.8. The predicted molar refractivity (Wildman–Crippen MR) is 161 cm³/mol. The van der Waals surface area contributed by atoms with Crippen molar-refractivity contribution in [3.63, 3.8) is 0 Å². The van der Waals surface area contributed by atoms with Crippen molar-refractivity contribution in [3.8, 4) is 0 Å². The number of amides is 3. The molecule has 0 saturated heterocycles. The fourth-order valence-corrected chi connectivity index (χ4v) is 3.58. The topological polar surface area (TPSA) is 169 Å². The molecule has 13 heteroatoms. The number of carboxylic acid groups (broad SMARTS) is 1. The number of hydrogen-bond acceptors (Lipinski definition) is 7. The zero-order valence-corrected chi connectivity index (χ0v) is 29.8. The molecule has 6 N–H and O–H groups in total. The van der Waals surface area contributed by atoms with E-state index in [0.29, 0.717) is 30.3 Å². The van der Waals surface area contributed by atoms with E-state index in [0.717, 1.165) is 38.5 Å². The number of hydrogen-bond donors (Lipinski definition) is 5. The van der Waals surface area contributed by atoms with E-state index >= 15 is 0 Å². The zero-order chi connectivity index (χ0) is 31.4. The van der Waals surface area contributed by atoms with Gasteiger partial charge in [-0.25, -0.2) is 9.59 Å². The Hall–Kier alpha value is -1.44. The molecule has 4 rings (SSSR count). The van der Waals surface area contributed by atoms with Crippen LogP contribution in [0.2, 0.25) is 0 Å². The molecule has 4 aliphatic carbocycles. The van der Waals surface area contributed by atoms with Gasteiger partial charge in [0, 0.05) is 70.1 Å². The van der Waals surface area contributed by atoms with Gasteiger partial charge < -0.3 is 36.3 Å². The zero-order valence-electron chi connectivity index (χ0n) is 26.6. The third kappa shape index (κ3) is 23.1. The van der Waals surface area contributed by atoms with Crippen LogP contribution in [0, 0.1) is 42.9 Å². The molecule has 0 heterocycles. The molecule has 0 aromatic heterocycles. The molecular weight excluding hydrogens is 765 g/mol. The average molecular weight is 823 g/mol. The maximum atomic E-state index is 11.8. The van der Waals surface area contributed by atoms with Gasteiger partial charge in [-0.05, 0) is 106 Å². The Labute approximate surface area is 279 Å². The van der Waals surface area contributed by atoms with Gasteiger partial charge in [0.25, 0.3) is 0 Å². The third-order valence-corrected chi connectivity index (χ3v) is 6.15. The number of carbonyl (C=O) groups is 4. The molecular formula is C29H55BN4O7U. The summed E-state index contributed by atoms with van der Waals surface area (Å²) in [7, 11) is 3.75. The second-order valence-corrected chi connectivity index (χ2v) is 13.2.